The molecule has 0 aliphatic rings. The minimum atomic E-state index is -4.50. The lowest BCUT2D eigenvalue weighted by atomic mass is 10.2. The van der Waals surface area contributed by atoms with Crippen molar-refractivity contribution in [3.05, 3.63) is 29.8 Å². The molecule has 2 N–H and O–H groups in total. The summed E-state index contributed by atoms with van der Waals surface area (Å²) in [6.45, 7) is -0.0384. The van der Waals surface area contributed by atoms with E-state index in [2.05, 4.69) is 5.32 Å². The predicted molar refractivity (Wildman–Crippen MR) is 50.6 cm³/mol. The van der Waals surface area contributed by atoms with Gasteiger partial charge in [0.2, 0.25) is 5.91 Å². The molecule has 0 radical (unpaired) electrons. The van der Waals surface area contributed by atoms with Gasteiger partial charge in [0.25, 0.3) is 0 Å². The molecule has 0 spiro atoms. The van der Waals surface area contributed by atoms with Crippen LogP contribution in [0, 0.1) is 0 Å². The van der Waals surface area contributed by atoms with Crippen LogP contribution >= 0.6 is 0 Å². The number of carbonyl (C=O) groups excluding carboxylic acids is 1. The number of carbonyl (C=O) groups is 1. The quantitative estimate of drug-likeness (QED) is 0.838. The van der Waals surface area contributed by atoms with Crippen molar-refractivity contribution >= 4 is 5.91 Å². The standard InChI is InChI=1S/C10H10F3NO2/c11-10(12,13)5-9(16)14-6-7-2-1-3-8(15)4-7/h1-4,15H,5-6H2,(H,14,16). The summed E-state index contributed by atoms with van der Waals surface area (Å²) in [5.74, 6) is -1.08. The Labute approximate surface area is 89.9 Å². The van der Waals surface area contributed by atoms with Gasteiger partial charge in [-0.15, -0.1) is 0 Å². The predicted octanol–water partition coefficient (Wildman–Crippen LogP) is 1.96. The molecule has 0 aromatic heterocycles. The van der Waals surface area contributed by atoms with Crippen LogP contribution in [0.5, 0.6) is 5.75 Å². The van der Waals surface area contributed by atoms with Crippen molar-refractivity contribution in [2.45, 2.75) is 19.1 Å². The van der Waals surface area contributed by atoms with E-state index < -0.39 is 18.5 Å². The fraction of sp³-hybridized carbons (Fsp3) is 0.300. The third-order valence-corrected chi connectivity index (χ3v) is 1.76. The number of benzene rings is 1. The van der Waals surface area contributed by atoms with E-state index in [1.807, 2.05) is 0 Å². The van der Waals surface area contributed by atoms with Gasteiger partial charge >= 0.3 is 6.18 Å². The molecule has 1 aromatic carbocycles. The number of halogens is 3. The Balaban J connectivity index is 2.43. The molecule has 0 saturated carbocycles. The van der Waals surface area contributed by atoms with E-state index >= 15 is 0 Å². The first kappa shape index (κ1) is 12.4. The summed E-state index contributed by atoms with van der Waals surface area (Å²) < 4.78 is 35.4. The molecule has 0 saturated heterocycles. The number of alkyl halides is 3. The maximum Gasteiger partial charge on any atom is 0.397 e. The fourth-order valence-corrected chi connectivity index (χ4v) is 1.11. The molecule has 1 amide bonds. The zero-order chi connectivity index (χ0) is 12.2. The van der Waals surface area contributed by atoms with Crippen LogP contribution in [-0.2, 0) is 11.3 Å². The molecule has 0 unspecified atom stereocenters. The SMILES string of the molecule is O=C(CC(F)(F)F)NCc1cccc(O)c1. The number of amides is 1. The summed E-state index contributed by atoms with van der Waals surface area (Å²) in [6, 6.07) is 5.93. The Hall–Kier alpha value is -1.72. The highest BCUT2D eigenvalue weighted by Crippen LogP contribution is 2.19. The summed E-state index contributed by atoms with van der Waals surface area (Å²) >= 11 is 0. The highest BCUT2D eigenvalue weighted by atomic mass is 19.4. The Morgan fingerprint density at radius 1 is 1.38 bits per heavy atom. The van der Waals surface area contributed by atoms with E-state index in [0.29, 0.717) is 5.56 Å². The van der Waals surface area contributed by atoms with E-state index in [-0.39, 0.29) is 12.3 Å². The van der Waals surface area contributed by atoms with Crippen molar-refractivity contribution in [1.29, 1.82) is 0 Å². The molecule has 1 aromatic rings. The normalized spacial score (nSPS) is 11.2. The highest BCUT2D eigenvalue weighted by molar-refractivity contribution is 5.76. The van der Waals surface area contributed by atoms with Crippen molar-refractivity contribution in [3.8, 4) is 5.75 Å². The van der Waals surface area contributed by atoms with Crippen molar-refractivity contribution in [2.24, 2.45) is 0 Å². The van der Waals surface area contributed by atoms with Gasteiger partial charge < -0.3 is 10.4 Å². The lowest BCUT2D eigenvalue weighted by Crippen LogP contribution is -2.28. The molecule has 0 bridgehead atoms. The van der Waals surface area contributed by atoms with E-state index in [1.165, 1.54) is 12.1 Å². The average Bonchev–Trinajstić information content (AvgIpc) is 2.12. The topological polar surface area (TPSA) is 49.3 Å². The summed E-state index contributed by atoms with van der Waals surface area (Å²) in [4.78, 5) is 10.8. The van der Waals surface area contributed by atoms with Gasteiger partial charge in [0.05, 0.1) is 0 Å². The molecule has 0 aliphatic heterocycles. The summed E-state index contributed by atoms with van der Waals surface area (Å²) in [5, 5.41) is 11.2. The third kappa shape index (κ3) is 4.68. The van der Waals surface area contributed by atoms with Crippen molar-refractivity contribution in [1.82, 2.24) is 5.32 Å². The van der Waals surface area contributed by atoms with Gasteiger partial charge in [-0.2, -0.15) is 13.2 Å². The molecule has 6 heteroatoms. The van der Waals surface area contributed by atoms with Crippen LogP contribution in [0.25, 0.3) is 0 Å². The van der Waals surface area contributed by atoms with Crippen LogP contribution in [0.4, 0.5) is 13.2 Å². The number of hydrogen-bond acceptors (Lipinski definition) is 2. The summed E-state index contributed by atoms with van der Waals surface area (Å²) in [6.07, 6.45) is -5.99. The number of hydrogen-bond donors (Lipinski definition) is 2. The fourth-order valence-electron chi connectivity index (χ4n) is 1.11. The first-order valence-corrected chi connectivity index (χ1v) is 4.48. The van der Waals surface area contributed by atoms with E-state index in [0.717, 1.165) is 0 Å². The Bertz CT molecular complexity index is 377. The van der Waals surface area contributed by atoms with Crippen molar-refractivity contribution < 1.29 is 23.1 Å². The molecular formula is C10H10F3NO2. The average molecular weight is 233 g/mol. The number of aromatic hydroxyl groups is 1. The summed E-state index contributed by atoms with van der Waals surface area (Å²) in [5.41, 5.74) is 0.538. The second-order valence-corrected chi connectivity index (χ2v) is 3.24. The van der Waals surface area contributed by atoms with E-state index in [1.54, 1.807) is 12.1 Å². The van der Waals surface area contributed by atoms with Gasteiger partial charge in [-0.3, -0.25) is 4.79 Å². The Kier molecular flexibility index (Phi) is 3.76. The molecular weight excluding hydrogens is 223 g/mol. The number of phenolic OH excluding ortho intramolecular Hbond substituents is 1. The molecule has 3 nitrogen and oxygen atoms in total. The maximum absolute atomic E-state index is 11.8. The Morgan fingerprint density at radius 3 is 2.62 bits per heavy atom. The minimum absolute atomic E-state index is 0.00238. The Morgan fingerprint density at radius 2 is 2.06 bits per heavy atom. The lowest BCUT2D eigenvalue weighted by molar-refractivity contribution is -0.153. The van der Waals surface area contributed by atoms with Crippen molar-refractivity contribution in [2.75, 3.05) is 0 Å². The van der Waals surface area contributed by atoms with Crippen LogP contribution in [0.3, 0.4) is 0 Å². The number of phenols is 1. The second-order valence-electron chi connectivity index (χ2n) is 3.24. The van der Waals surface area contributed by atoms with E-state index in [9.17, 15) is 18.0 Å². The van der Waals surface area contributed by atoms with Crippen molar-refractivity contribution in [3.63, 3.8) is 0 Å². The molecule has 0 atom stereocenters. The zero-order valence-corrected chi connectivity index (χ0v) is 8.21. The van der Waals surface area contributed by atoms with Gasteiger partial charge in [-0.25, -0.2) is 0 Å². The first-order chi connectivity index (χ1) is 7.37. The first-order valence-electron chi connectivity index (χ1n) is 4.48. The smallest absolute Gasteiger partial charge is 0.397 e. The number of rotatable bonds is 3. The molecule has 88 valence electrons. The molecule has 0 fully saturated rings. The van der Waals surface area contributed by atoms with Gasteiger partial charge in [-0.1, -0.05) is 12.1 Å². The minimum Gasteiger partial charge on any atom is -0.508 e. The van der Waals surface area contributed by atoms with E-state index in [4.69, 9.17) is 5.11 Å². The monoisotopic (exact) mass is 233 g/mol. The largest absolute Gasteiger partial charge is 0.508 e. The zero-order valence-electron chi connectivity index (χ0n) is 8.21. The summed E-state index contributed by atoms with van der Waals surface area (Å²) in [7, 11) is 0. The van der Waals surface area contributed by atoms with Gasteiger partial charge in [0.15, 0.2) is 0 Å². The van der Waals surface area contributed by atoms with Gasteiger partial charge in [-0.05, 0) is 17.7 Å². The highest BCUT2D eigenvalue weighted by Gasteiger charge is 2.30. The second kappa shape index (κ2) is 4.87. The number of nitrogens with one attached hydrogen (secondary N) is 1. The third-order valence-electron chi connectivity index (χ3n) is 1.76. The van der Waals surface area contributed by atoms with Crippen LogP contribution in [0.15, 0.2) is 24.3 Å². The lowest BCUT2D eigenvalue weighted by Gasteiger charge is -2.07. The van der Waals surface area contributed by atoms with Crippen LogP contribution in [-0.4, -0.2) is 17.2 Å². The van der Waals surface area contributed by atoms with Crippen LogP contribution < -0.4 is 5.32 Å². The maximum atomic E-state index is 11.8. The van der Waals surface area contributed by atoms with Crippen LogP contribution in [0.2, 0.25) is 0 Å². The molecule has 16 heavy (non-hydrogen) atoms. The van der Waals surface area contributed by atoms with Gasteiger partial charge in [0, 0.05) is 6.54 Å². The van der Waals surface area contributed by atoms with Gasteiger partial charge in [0.1, 0.15) is 12.2 Å². The molecule has 0 aliphatic carbocycles. The van der Waals surface area contributed by atoms with Crippen LogP contribution in [0.1, 0.15) is 12.0 Å². The molecule has 1 rings (SSSR count). The molecule has 0 heterocycles.